The van der Waals surface area contributed by atoms with Gasteiger partial charge in [0.15, 0.2) is 0 Å². The number of piperazine rings is 1. The van der Waals surface area contributed by atoms with Crippen LogP contribution in [0.5, 0.6) is 0 Å². The Kier molecular flexibility index (Phi) is 8.18. The summed E-state index contributed by atoms with van der Waals surface area (Å²) in [6.45, 7) is 11.9. The molecule has 2 saturated heterocycles. The smallest absolute Gasteiger partial charge is 0.410 e. The first kappa shape index (κ1) is 23.4. The highest BCUT2D eigenvalue weighted by Gasteiger charge is 2.34. The molecule has 0 aromatic heterocycles. The second-order valence-electron chi connectivity index (χ2n) is 9.49. The highest BCUT2D eigenvalue weighted by molar-refractivity contribution is 5.85. The fourth-order valence-corrected chi connectivity index (χ4v) is 4.24. The third-order valence-electron chi connectivity index (χ3n) is 5.88. The van der Waals surface area contributed by atoms with E-state index in [4.69, 9.17) is 4.74 Å². The van der Waals surface area contributed by atoms with E-state index in [9.17, 15) is 9.59 Å². The Morgan fingerprint density at radius 2 is 1.74 bits per heavy atom. The highest BCUT2D eigenvalue weighted by atomic mass is 16.6. The van der Waals surface area contributed by atoms with Gasteiger partial charge in [-0.25, -0.2) is 4.79 Å². The summed E-state index contributed by atoms with van der Waals surface area (Å²) in [7, 11) is 0. The summed E-state index contributed by atoms with van der Waals surface area (Å²) in [5, 5.41) is 3.05. The fraction of sp³-hybridized carbons (Fsp3) is 0.667. The van der Waals surface area contributed by atoms with Crippen molar-refractivity contribution in [2.75, 3.05) is 50.7 Å². The molecule has 0 radical (unpaired) electrons. The Labute approximate surface area is 186 Å². The van der Waals surface area contributed by atoms with Crippen molar-refractivity contribution >= 4 is 17.7 Å². The van der Waals surface area contributed by atoms with E-state index in [-0.39, 0.29) is 12.0 Å². The van der Waals surface area contributed by atoms with E-state index >= 15 is 0 Å². The minimum absolute atomic E-state index is 0.0561. The van der Waals surface area contributed by atoms with E-state index in [2.05, 4.69) is 39.4 Å². The molecular formula is C24H38N4O3. The lowest BCUT2D eigenvalue weighted by Crippen LogP contribution is -2.53. The third-order valence-corrected chi connectivity index (χ3v) is 5.88. The van der Waals surface area contributed by atoms with Crippen LogP contribution >= 0.6 is 0 Å². The van der Waals surface area contributed by atoms with Gasteiger partial charge in [-0.3, -0.25) is 14.6 Å². The van der Waals surface area contributed by atoms with E-state index in [1.54, 1.807) is 4.90 Å². The molecule has 31 heavy (non-hydrogen) atoms. The maximum Gasteiger partial charge on any atom is 0.410 e. The van der Waals surface area contributed by atoms with E-state index < -0.39 is 11.6 Å². The molecule has 172 valence electrons. The lowest BCUT2D eigenvalue weighted by molar-refractivity contribution is -0.127. The molecule has 2 aliphatic heterocycles. The monoisotopic (exact) mass is 430 g/mol. The Hall–Kier alpha value is -2.28. The molecule has 0 saturated carbocycles. The second-order valence-corrected chi connectivity index (χ2v) is 9.49. The molecule has 1 N–H and O–H groups in total. The normalized spacial score (nSPS) is 20.4. The van der Waals surface area contributed by atoms with Crippen molar-refractivity contribution < 1.29 is 14.3 Å². The van der Waals surface area contributed by atoms with Crippen molar-refractivity contribution in [3.63, 3.8) is 0 Å². The average molecular weight is 431 g/mol. The molecule has 3 rings (SSSR count). The van der Waals surface area contributed by atoms with Gasteiger partial charge in [-0.15, -0.1) is 0 Å². The fourth-order valence-electron chi connectivity index (χ4n) is 4.24. The molecule has 0 spiro atoms. The molecule has 1 unspecified atom stereocenters. The second kappa shape index (κ2) is 10.8. The standard InChI is InChI=1S/C24H38N4O3/c1-24(2,3)31-23(30)28-15-8-7-12-21(28)22(29)25-13-9-14-26-16-18-27(19-17-26)20-10-5-4-6-11-20/h4-6,10-11,21H,7-9,12-19H2,1-3H3,(H,25,29). The molecule has 2 amide bonds. The molecular weight excluding hydrogens is 392 g/mol. The number of para-hydroxylation sites is 1. The third kappa shape index (κ3) is 7.13. The molecule has 1 aromatic carbocycles. The highest BCUT2D eigenvalue weighted by Crippen LogP contribution is 2.21. The number of hydrogen-bond acceptors (Lipinski definition) is 5. The molecule has 7 heteroatoms. The number of carbonyl (C=O) groups excluding carboxylic acids is 2. The Balaban J connectivity index is 1.37. The van der Waals surface area contributed by atoms with Crippen LogP contribution in [-0.2, 0) is 9.53 Å². The summed E-state index contributed by atoms with van der Waals surface area (Å²) in [6, 6.07) is 10.1. The van der Waals surface area contributed by atoms with Gasteiger partial charge in [-0.2, -0.15) is 0 Å². The summed E-state index contributed by atoms with van der Waals surface area (Å²) in [5.41, 5.74) is 0.733. The molecule has 0 aliphatic carbocycles. The van der Waals surface area contributed by atoms with Gasteiger partial charge in [0.2, 0.25) is 5.91 Å². The van der Waals surface area contributed by atoms with Gasteiger partial charge in [0.05, 0.1) is 0 Å². The number of amides is 2. The quantitative estimate of drug-likeness (QED) is 0.703. The SMILES string of the molecule is CC(C)(C)OC(=O)N1CCCCC1C(=O)NCCCN1CCN(c2ccccc2)CC1. The van der Waals surface area contributed by atoms with Gasteiger partial charge in [-0.05, 0) is 65.1 Å². The average Bonchev–Trinajstić information content (AvgIpc) is 2.76. The maximum absolute atomic E-state index is 12.7. The van der Waals surface area contributed by atoms with Crippen molar-refractivity contribution in [1.29, 1.82) is 0 Å². The van der Waals surface area contributed by atoms with Crippen LogP contribution in [0.15, 0.2) is 30.3 Å². The number of carbonyl (C=O) groups is 2. The van der Waals surface area contributed by atoms with Crippen molar-refractivity contribution in [2.24, 2.45) is 0 Å². The molecule has 2 aliphatic rings. The van der Waals surface area contributed by atoms with Crippen molar-refractivity contribution in [2.45, 2.75) is 58.1 Å². The summed E-state index contributed by atoms with van der Waals surface area (Å²) >= 11 is 0. The van der Waals surface area contributed by atoms with Gasteiger partial charge in [0.1, 0.15) is 11.6 Å². The first-order chi connectivity index (χ1) is 14.8. The zero-order chi connectivity index (χ0) is 22.3. The van der Waals surface area contributed by atoms with Crippen LogP contribution in [0.3, 0.4) is 0 Å². The minimum atomic E-state index is -0.555. The molecule has 2 heterocycles. The Morgan fingerprint density at radius 1 is 1.03 bits per heavy atom. The predicted octanol–water partition coefficient (Wildman–Crippen LogP) is 3.10. The van der Waals surface area contributed by atoms with Crippen molar-refractivity contribution in [1.82, 2.24) is 15.1 Å². The van der Waals surface area contributed by atoms with Crippen LogP contribution in [0.4, 0.5) is 10.5 Å². The predicted molar refractivity (Wildman–Crippen MR) is 123 cm³/mol. The van der Waals surface area contributed by atoms with Crippen LogP contribution in [0.25, 0.3) is 0 Å². The van der Waals surface area contributed by atoms with Crippen LogP contribution in [-0.4, -0.2) is 79.3 Å². The number of piperidine rings is 1. The van der Waals surface area contributed by atoms with Crippen LogP contribution in [0.1, 0.15) is 46.5 Å². The summed E-state index contributed by atoms with van der Waals surface area (Å²) in [4.78, 5) is 31.7. The molecule has 0 bridgehead atoms. The number of nitrogens with one attached hydrogen (secondary N) is 1. The number of hydrogen-bond donors (Lipinski definition) is 1. The van der Waals surface area contributed by atoms with Gasteiger partial charge >= 0.3 is 6.09 Å². The topological polar surface area (TPSA) is 65.1 Å². The summed E-state index contributed by atoms with van der Waals surface area (Å²) < 4.78 is 5.50. The zero-order valence-electron chi connectivity index (χ0n) is 19.3. The van der Waals surface area contributed by atoms with Crippen molar-refractivity contribution in [3.05, 3.63) is 30.3 Å². The van der Waals surface area contributed by atoms with Gasteiger partial charge in [-0.1, -0.05) is 18.2 Å². The molecule has 1 atom stereocenters. The van der Waals surface area contributed by atoms with Crippen LogP contribution in [0.2, 0.25) is 0 Å². The van der Waals surface area contributed by atoms with Crippen molar-refractivity contribution in [3.8, 4) is 0 Å². The van der Waals surface area contributed by atoms with E-state index in [1.165, 1.54) is 5.69 Å². The van der Waals surface area contributed by atoms with Gasteiger partial charge < -0.3 is 15.0 Å². The molecule has 1 aromatic rings. The lowest BCUT2D eigenvalue weighted by atomic mass is 10.0. The summed E-state index contributed by atoms with van der Waals surface area (Å²) in [5.74, 6) is -0.0561. The number of ether oxygens (including phenoxy) is 1. The Morgan fingerprint density at radius 3 is 2.42 bits per heavy atom. The largest absolute Gasteiger partial charge is 0.444 e. The van der Waals surface area contributed by atoms with Gasteiger partial charge in [0.25, 0.3) is 0 Å². The lowest BCUT2D eigenvalue weighted by Gasteiger charge is -2.36. The molecule has 7 nitrogen and oxygen atoms in total. The first-order valence-corrected chi connectivity index (χ1v) is 11.6. The summed E-state index contributed by atoms with van der Waals surface area (Å²) in [6.07, 6.45) is 3.10. The molecule has 2 fully saturated rings. The Bertz CT molecular complexity index is 711. The first-order valence-electron chi connectivity index (χ1n) is 11.6. The van der Waals surface area contributed by atoms with E-state index in [0.29, 0.717) is 19.5 Å². The number of nitrogens with zero attached hydrogens (tertiary/aromatic N) is 3. The van der Waals surface area contributed by atoms with Crippen LogP contribution < -0.4 is 10.2 Å². The van der Waals surface area contributed by atoms with E-state index in [1.807, 2.05) is 26.8 Å². The number of rotatable bonds is 6. The van der Waals surface area contributed by atoms with Gasteiger partial charge in [0, 0.05) is 45.0 Å². The maximum atomic E-state index is 12.7. The zero-order valence-corrected chi connectivity index (χ0v) is 19.3. The number of likely N-dealkylation sites (tertiary alicyclic amines) is 1. The van der Waals surface area contributed by atoms with Crippen LogP contribution in [0, 0.1) is 0 Å². The van der Waals surface area contributed by atoms with E-state index in [0.717, 1.165) is 52.0 Å². The number of benzene rings is 1. The number of anilines is 1. The minimum Gasteiger partial charge on any atom is -0.444 e.